The van der Waals surface area contributed by atoms with Gasteiger partial charge in [0.1, 0.15) is 11.5 Å². The standard InChI is InChI=1S/C23H22O3S/c1-4-17-5-7-18(8-6-17)23(2,3)19-9-11-20(12-10-19)26-21-13-15-22(16-14-21)27(24)25/h4-16H,1H2,2-3H3,(H,24,25). The van der Waals surface area contributed by atoms with Crippen molar-refractivity contribution in [3.63, 3.8) is 0 Å². The normalized spacial score (nSPS) is 12.4. The molecule has 4 heteroatoms. The second-order valence-electron chi connectivity index (χ2n) is 6.80. The van der Waals surface area contributed by atoms with E-state index in [0.29, 0.717) is 10.6 Å². The molecule has 0 aromatic heterocycles. The molecular formula is C23H22O3S. The summed E-state index contributed by atoms with van der Waals surface area (Å²) < 4.78 is 25.9. The first-order valence-corrected chi connectivity index (χ1v) is 9.73. The van der Waals surface area contributed by atoms with Crippen molar-refractivity contribution >= 4 is 17.2 Å². The van der Waals surface area contributed by atoms with Gasteiger partial charge >= 0.3 is 0 Å². The molecule has 3 nitrogen and oxygen atoms in total. The van der Waals surface area contributed by atoms with Crippen LogP contribution in [0.4, 0.5) is 0 Å². The van der Waals surface area contributed by atoms with Gasteiger partial charge in [-0.25, -0.2) is 4.21 Å². The van der Waals surface area contributed by atoms with E-state index < -0.39 is 11.1 Å². The van der Waals surface area contributed by atoms with Gasteiger partial charge in [-0.1, -0.05) is 62.9 Å². The Bertz CT molecular complexity index is 940. The lowest BCUT2D eigenvalue weighted by Crippen LogP contribution is -2.18. The molecule has 1 unspecified atom stereocenters. The molecule has 0 saturated carbocycles. The summed E-state index contributed by atoms with van der Waals surface area (Å²) in [6.45, 7) is 8.18. The Morgan fingerprint density at radius 1 is 0.852 bits per heavy atom. The van der Waals surface area contributed by atoms with E-state index in [2.05, 4.69) is 56.8 Å². The first kappa shape index (κ1) is 19.1. The van der Waals surface area contributed by atoms with E-state index in [1.165, 1.54) is 11.1 Å². The van der Waals surface area contributed by atoms with Gasteiger partial charge in [-0.15, -0.1) is 0 Å². The van der Waals surface area contributed by atoms with Gasteiger partial charge < -0.3 is 9.29 Å². The van der Waals surface area contributed by atoms with Gasteiger partial charge in [0.15, 0.2) is 11.1 Å². The first-order valence-electron chi connectivity index (χ1n) is 8.62. The lowest BCUT2D eigenvalue weighted by Gasteiger charge is -2.26. The summed E-state index contributed by atoms with van der Waals surface area (Å²) in [4.78, 5) is 0.349. The van der Waals surface area contributed by atoms with Crippen molar-refractivity contribution in [2.45, 2.75) is 24.2 Å². The number of hydrogen-bond donors (Lipinski definition) is 1. The fourth-order valence-corrected chi connectivity index (χ4v) is 3.27. The second kappa shape index (κ2) is 7.91. The van der Waals surface area contributed by atoms with Crippen LogP contribution in [0.1, 0.15) is 30.5 Å². The predicted molar refractivity (Wildman–Crippen MR) is 111 cm³/mol. The molecule has 0 fully saturated rings. The van der Waals surface area contributed by atoms with E-state index in [4.69, 9.17) is 9.29 Å². The lowest BCUT2D eigenvalue weighted by atomic mass is 9.78. The van der Waals surface area contributed by atoms with Gasteiger partial charge in [-0.3, -0.25) is 0 Å². The minimum Gasteiger partial charge on any atom is -0.457 e. The van der Waals surface area contributed by atoms with Crippen molar-refractivity contribution in [3.05, 3.63) is 96.1 Å². The molecule has 0 aliphatic heterocycles. The van der Waals surface area contributed by atoms with E-state index in [-0.39, 0.29) is 5.41 Å². The van der Waals surface area contributed by atoms with Crippen LogP contribution in [-0.4, -0.2) is 8.76 Å². The van der Waals surface area contributed by atoms with Gasteiger partial charge in [-0.2, -0.15) is 0 Å². The molecule has 0 heterocycles. The zero-order chi connectivity index (χ0) is 19.4. The Balaban J connectivity index is 1.77. The molecule has 0 saturated heterocycles. The highest BCUT2D eigenvalue weighted by molar-refractivity contribution is 7.79. The van der Waals surface area contributed by atoms with E-state index >= 15 is 0 Å². The largest absolute Gasteiger partial charge is 0.457 e. The van der Waals surface area contributed by atoms with Crippen molar-refractivity contribution in [2.75, 3.05) is 0 Å². The molecule has 3 aromatic carbocycles. The summed E-state index contributed by atoms with van der Waals surface area (Å²) in [5.74, 6) is 1.34. The molecule has 138 valence electrons. The highest BCUT2D eigenvalue weighted by Gasteiger charge is 2.22. The van der Waals surface area contributed by atoms with Crippen molar-refractivity contribution in [1.82, 2.24) is 0 Å². The number of hydrogen-bond acceptors (Lipinski definition) is 2. The Morgan fingerprint density at radius 3 is 1.74 bits per heavy atom. The van der Waals surface area contributed by atoms with Crippen molar-refractivity contribution in [2.24, 2.45) is 0 Å². The zero-order valence-electron chi connectivity index (χ0n) is 15.4. The molecule has 0 aliphatic carbocycles. The average molecular weight is 378 g/mol. The van der Waals surface area contributed by atoms with Gasteiger partial charge in [0.2, 0.25) is 0 Å². The Morgan fingerprint density at radius 2 is 1.30 bits per heavy atom. The monoisotopic (exact) mass is 378 g/mol. The van der Waals surface area contributed by atoms with Crippen molar-refractivity contribution in [1.29, 1.82) is 0 Å². The van der Waals surface area contributed by atoms with Crippen LogP contribution in [0.5, 0.6) is 11.5 Å². The van der Waals surface area contributed by atoms with Crippen LogP contribution in [0.25, 0.3) is 6.08 Å². The van der Waals surface area contributed by atoms with E-state index in [1.54, 1.807) is 24.3 Å². The summed E-state index contributed by atoms with van der Waals surface area (Å²) >= 11 is -1.98. The molecule has 3 rings (SSSR count). The van der Waals surface area contributed by atoms with Crippen LogP contribution in [0.2, 0.25) is 0 Å². The van der Waals surface area contributed by atoms with Crippen LogP contribution in [-0.2, 0) is 16.5 Å². The molecule has 0 amide bonds. The zero-order valence-corrected chi connectivity index (χ0v) is 16.2. The van der Waals surface area contributed by atoms with E-state index in [1.807, 2.05) is 18.2 Å². The molecule has 0 aliphatic rings. The van der Waals surface area contributed by atoms with Crippen molar-refractivity contribution < 1.29 is 13.5 Å². The molecule has 0 radical (unpaired) electrons. The highest BCUT2D eigenvalue weighted by Crippen LogP contribution is 2.33. The highest BCUT2D eigenvalue weighted by atomic mass is 32.2. The second-order valence-corrected chi connectivity index (χ2v) is 7.77. The topological polar surface area (TPSA) is 46.5 Å². The summed E-state index contributed by atoms with van der Waals surface area (Å²) in [6.07, 6.45) is 1.84. The Labute approximate surface area is 162 Å². The Hall–Kier alpha value is -2.69. The maximum Gasteiger partial charge on any atom is 0.186 e. The predicted octanol–water partition coefficient (Wildman–Crippen LogP) is 6.03. The quantitative estimate of drug-likeness (QED) is 0.533. The van der Waals surface area contributed by atoms with Crippen LogP contribution >= 0.6 is 0 Å². The smallest absolute Gasteiger partial charge is 0.186 e. The van der Waals surface area contributed by atoms with Crippen LogP contribution in [0, 0.1) is 0 Å². The maximum atomic E-state index is 11.0. The lowest BCUT2D eigenvalue weighted by molar-refractivity contribution is 0.481. The average Bonchev–Trinajstić information content (AvgIpc) is 2.69. The van der Waals surface area contributed by atoms with Crippen LogP contribution in [0.15, 0.2) is 84.3 Å². The molecule has 0 spiro atoms. The number of ether oxygens (including phenoxy) is 1. The van der Waals surface area contributed by atoms with E-state index in [0.717, 1.165) is 11.3 Å². The molecule has 1 atom stereocenters. The first-order chi connectivity index (χ1) is 12.9. The SMILES string of the molecule is C=Cc1ccc(C(C)(C)c2ccc(Oc3ccc(S(=O)O)cc3)cc2)cc1. The molecule has 0 bridgehead atoms. The molecule has 1 N–H and O–H groups in total. The summed E-state index contributed by atoms with van der Waals surface area (Å²) in [5, 5.41) is 0. The van der Waals surface area contributed by atoms with Crippen LogP contribution in [0.3, 0.4) is 0 Å². The third-order valence-electron chi connectivity index (χ3n) is 4.71. The van der Waals surface area contributed by atoms with Gasteiger partial charge in [0.25, 0.3) is 0 Å². The molecule has 3 aromatic rings. The third-order valence-corrected chi connectivity index (χ3v) is 5.38. The maximum absolute atomic E-state index is 11.0. The number of benzene rings is 3. The fraction of sp³-hybridized carbons (Fsp3) is 0.130. The summed E-state index contributed by atoms with van der Waals surface area (Å²) in [6, 6.07) is 22.9. The third kappa shape index (κ3) is 4.35. The molecule has 27 heavy (non-hydrogen) atoms. The van der Waals surface area contributed by atoms with Crippen LogP contribution < -0.4 is 4.74 Å². The Kier molecular flexibility index (Phi) is 5.59. The minimum absolute atomic E-state index is 0.134. The summed E-state index contributed by atoms with van der Waals surface area (Å²) in [7, 11) is 0. The van der Waals surface area contributed by atoms with E-state index in [9.17, 15) is 4.21 Å². The van der Waals surface area contributed by atoms with Gasteiger partial charge in [0.05, 0.1) is 4.90 Å². The van der Waals surface area contributed by atoms with Gasteiger partial charge in [-0.05, 0) is 53.1 Å². The fourth-order valence-electron chi connectivity index (χ4n) is 2.90. The van der Waals surface area contributed by atoms with Crippen molar-refractivity contribution in [3.8, 4) is 11.5 Å². The minimum atomic E-state index is -1.98. The summed E-state index contributed by atoms with van der Waals surface area (Å²) in [5.41, 5.74) is 3.39. The molecular weight excluding hydrogens is 356 g/mol. The number of rotatable bonds is 6. The van der Waals surface area contributed by atoms with Gasteiger partial charge in [0, 0.05) is 5.41 Å².